The van der Waals surface area contributed by atoms with E-state index in [9.17, 15) is 10.1 Å². The van der Waals surface area contributed by atoms with Crippen LogP contribution >= 0.6 is 0 Å². The van der Waals surface area contributed by atoms with Gasteiger partial charge in [-0.25, -0.2) is 4.98 Å². The second kappa shape index (κ2) is 9.85. The molecule has 0 unspecified atom stereocenters. The van der Waals surface area contributed by atoms with Crippen LogP contribution in [0.1, 0.15) is 11.1 Å². The number of carbonyl (C=O) groups excluding carboxylic acids is 1. The van der Waals surface area contributed by atoms with Crippen LogP contribution in [0.5, 0.6) is 0 Å². The third-order valence-electron chi connectivity index (χ3n) is 4.45. The molecular weight excluding hydrogens is 364 g/mol. The lowest BCUT2D eigenvalue weighted by atomic mass is 10.0. The number of benzene rings is 2. The minimum Gasteiger partial charge on any atom is -0.368 e. The molecule has 7 heteroatoms. The molecule has 0 saturated heterocycles. The fraction of sp³-hybridized carbons (Fsp3) is 0.182. The molecule has 29 heavy (non-hydrogen) atoms. The summed E-state index contributed by atoms with van der Waals surface area (Å²) in [6, 6.07) is 22.5. The highest BCUT2D eigenvalue weighted by atomic mass is 16.1. The number of amides is 1. The zero-order chi connectivity index (χ0) is 20.5. The van der Waals surface area contributed by atoms with Crippen LogP contribution in [0.3, 0.4) is 0 Å². The molecule has 3 N–H and O–H groups in total. The Morgan fingerprint density at radius 2 is 1.72 bits per heavy atom. The number of primary amides is 1. The van der Waals surface area contributed by atoms with Gasteiger partial charge in [0.15, 0.2) is 0 Å². The van der Waals surface area contributed by atoms with Gasteiger partial charge in [-0.15, -0.1) is 0 Å². The number of nitrogens with two attached hydrogens (primary N) is 1. The van der Waals surface area contributed by atoms with E-state index < -0.39 is 11.9 Å². The van der Waals surface area contributed by atoms with Gasteiger partial charge in [-0.3, -0.25) is 4.79 Å². The van der Waals surface area contributed by atoms with Crippen LogP contribution in [0.25, 0.3) is 0 Å². The van der Waals surface area contributed by atoms with E-state index in [-0.39, 0.29) is 6.54 Å². The van der Waals surface area contributed by atoms with Gasteiger partial charge in [-0.2, -0.15) is 10.2 Å². The summed E-state index contributed by atoms with van der Waals surface area (Å²) in [7, 11) is 0. The predicted molar refractivity (Wildman–Crippen MR) is 112 cm³/mol. The molecule has 1 amide bonds. The molecule has 0 radical (unpaired) electrons. The molecule has 0 fully saturated rings. The highest BCUT2D eigenvalue weighted by Gasteiger charge is 2.26. The van der Waals surface area contributed by atoms with Gasteiger partial charge in [-0.1, -0.05) is 60.7 Å². The molecule has 7 nitrogen and oxygen atoms in total. The van der Waals surface area contributed by atoms with Crippen molar-refractivity contribution in [3.8, 4) is 6.07 Å². The minimum atomic E-state index is -0.700. The van der Waals surface area contributed by atoms with E-state index in [1.54, 1.807) is 17.2 Å². The number of anilines is 2. The van der Waals surface area contributed by atoms with E-state index in [4.69, 9.17) is 5.73 Å². The van der Waals surface area contributed by atoms with Crippen molar-refractivity contribution in [2.24, 2.45) is 5.73 Å². The van der Waals surface area contributed by atoms with Crippen LogP contribution in [0.15, 0.2) is 72.9 Å². The predicted octanol–water partition coefficient (Wildman–Crippen LogP) is 2.52. The van der Waals surface area contributed by atoms with Gasteiger partial charge in [-0.05, 0) is 17.2 Å². The van der Waals surface area contributed by atoms with Crippen molar-refractivity contribution in [3.63, 3.8) is 0 Å². The average Bonchev–Trinajstić information content (AvgIpc) is 2.76. The molecule has 1 heterocycles. The van der Waals surface area contributed by atoms with Crippen LogP contribution in [-0.2, 0) is 17.8 Å². The minimum absolute atomic E-state index is 0.0183. The number of hydrogen-bond donors (Lipinski definition) is 2. The molecule has 0 aliphatic carbocycles. The van der Waals surface area contributed by atoms with Crippen molar-refractivity contribution in [2.75, 3.05) is 16.8 Å². The van der Waals surface area contributed by atoms with Gasteiger partial charge < -0.3 is 16.0 Å². The van der Waals surface area contributed by atoms with Crippen molar-refractivity contribution in [1.29, 1.82) is 5.26 Å². The Hall–Kier alpha value is -3.92. The third-order valence-corrected chi connectivity index (χ3v) is 4.45. The number of hydrogen-bond acceptors (Lipinski definition) is 6. The lowest BCUT2D eigenvalue weighted by Gasteiger charge is -2.28. The van der Waals surface area contributed by atoms with E-state index in [1.807, 2.05) is 60.7 Å². The van der Waals surface area contributed by atoms with Crippen molar-refractivity contribution < 1.29 is 4.79 Å². The molecule has 3 rings (SSSR count). The maximum atomic E-state index is 12.2. The summed E-state index contributed by atoms with van der Waals surface area (Å²) in [6.07, 6.45) is 1.98. The lowest BCUT2D eigenvalue weighted by molar-refractivity contribution is -0.119. The zero-order valence-corrected chi connectivity index (χ0v) is 15.9. The first-order valence-corrected chi connectivity index (χ1v) is 9.25. The quantitative estimate of drug-likeness (QED) is 0.547. The first-order chi connectivity index (χ1) is 14.2. The van der Waals surface area contributed by atoms with Crippen molar-refractivity contribution >= 4 is 17.7 Å². The van der Waals surface area contributed by atoms with E-state index in [1.165, 1.54) is 0 Å². The Bertz CT molecular complexity index is 971. The fourth-order valence-corrected chi connectivity index (χ4v) is 3.00. The monoisotopic (exact) mass is 386 g/mol. The fourth-order valence-electron chi connectivity index (χ4n) is 3.00. The molecule has 2 aromatic carbocycles. The number of rotatable bonds is 9. The van der Waals surface area contributed by atoms with Crippen molar-refractivity contribution in [1.82, 2.24) is 9.97 Å². The Balaban J connectivity index is 1.81. The van der Waals surface area contributed by atoms with Crippen molar-refractivity contribution in [2.45, 2.75) is 19.0 Å². The van der Waals surface area contributed by atoms with Gasteiger partial charge in [0.1, 0.15) is 18.4 Å². The molecule has 0 bridgehead atoms. The molecule has 0 spiro atoms. The molecule has 0 aliphatic heterocycles. The first-order valence-electron chi connectivity index (χ1n) is 9.25. The Morgan fingerprint density at radius 3 is 2.34 bits per heavy atom. The highest BCUT2D eigenvalue weighted by Crippen LogP contribution is 2.18. The molecule has 146 valence electrons. The van der Waals surface area contributed by atoms with E-state index >= 15 is 0 Å². The van der Waals surface area contributed by atoms with Gasteiger partial charge in [0, 0.05) is 19.2 Å². The number of nitriles is 1. The lowest BCUT2D eigenvalue weighted by Crippen LogP contribution is -2.47. The van der Waals surface area contributed by atoms with Crippen LogP contribution in [-0.4, -0.2) is 28.5 Å². The number of aromatic nitrogens is 2. The summed E-state index contributed by atoms with van der Waals surface area (Å²) >= 11 is 0. The molecular formula is C22H22N6O. The zero-order valence-electron chi connectivity index (χ0n) is 15.9. The molecule has 1 atom stereocenters. The molecule has 3 aromatic rings. The molecule has 1 aromatic heterocycles. The first kappa shape index (κ1) is 19.8. The second-order valence-corrected chi connectivity index (χ2v) is 6.47. The topological polar surface area (TPSA) is 108 Å². The summed E-state index contributed by atoms with van der Waals surface area (Å²) < 4.78 is 0. The Labute approximate surface area is 169 Å². The van der Waals surface area contributed by atoms with Crippen LogP contribution in [0.2, 0.25) is 0 Å². The maximum absolute atomic E-state index is 12.2. The Morgan fingerprint density at radius 1 is 1.07 bits per heavy atom. The molecule has 0 aliphatic rings. The SMILES string of the molecule is N#CCN(c1ccnc(NCc2ccccc2)n1)[C@@H](Cc1ccccc1)C(N)=O. The van der Waals surface area contributed by atoms with Crippen LogP contribution in [0.4, 0.5) is 11.8 Å². The third kappa shape index (κ3) is 5.53. The normalized spacial score (nSPS) is 11.3. The average molecular weight is 386 g/mol. The highest BCUT2D eigenvalue weighted by molar-refractivity contribution is 5.84. The summed E-state index contributed by atoms with van der Waals surface area (Å²) in [6.45, 7) is 0.543. The summed E-state index contributed by atoms with van der Waals surface area (Å²) in [5, 5.41) is 12.5. The number of nitrogens with one attached hydrogen (secondary N) is 1. The van der Waals surface area contributed by atoms with E-state index in [0.717, 1.165) is 11.1 Å². The number of nitrogens with zero attached hydrogens (tertiary/aromatic N) is 4. The van der Waals surface area contributed by atoms with Gasteiger partial charge in [0.2, 0.25) is 11.9 Å². The largest absolute Gasteiger partial charge is 0.368 e. The number of carbonyl (C=O) groups is 1. The van der Waals surface area contributed by atoms with Crippen molar-refractivity contribution in [3.05, 3.63) is 84.1 Å². The second-order valence-electron chi connectivity index (χ2n) is 6.47. The summed E-state index contributed by atoms with van der Waals surface area (Å²) in [5.74, 6) is 0.371. The van der Waals surface area contributed by atoms with Crippen LogP contribution in [0, 0.1) is 11.3 Å². The summed E-state index contributed by atoms with van der Waals surface area (Å²) in [5.41, 5.74) is 7.72. The standard InChI is InChI=1S/C22H22N6O/c23-12-14-28(19(21(24)29)15-17-7-3-1-4-8-17)20-11-13-25-22(27-20)26-16-18-9-5-2-6-10-18/h1-11,13,19H,14-16H2,(H2,24,29)(H,25,26,27)/t19-/m0/s1. The van der Waals surface area contributed by atoms with Gasteiger partial charge in [0.05, 0.1) is 6.07 Å². The molecule has 0 saturated carbocycles. The van der Waals surface area contributed by atoms with E-state index in [0.29, 0.717) is 24.7 Å². The summed E-state index contributed by atoms with van der Waals surface area (Å²) in [4.78, 5) is 22.6. The van der Waals surface area contributed by atoms with E-state index in [2.05, 4.69) is 21.4 Å². The van der Waals surface area contributed by atoms with Gasteiger partial charge >= 0.3 is 0 Å². The van der Waals surface area contributed by atoms with Gasteiger partial charge in [0.25, 0.3) is 0 Å². The smallest absolute Gasteiger partial charge is 0.240 e. The van der Waals surface area contributed by atoms with Crippen LogP contribution < -0.4 is 16.0 Å². The maximum Gasteiger partial charge on any atom is 0.240 e. The Kier molecular flexibility index (Phi) is 6.74.